The molecule has 9 aromatic carbocycles. The van der Waals surface area contributed by atoms with E-state index in [1.165, 1.54) is 0 Å². The molecule has 0 amide bonds. The highest BCUT2D eigenvalue weighted by atomic mass is 16.3. The van der Waals surface area contributed by atoms with Gasteiger partial charge in [0.25, 0.3) is 0 Å². The Bertz CT molecular complexity index is 3610. The number of fused-ring (bicyclic) bond motifs is 6. The lowest BCUT2D eigenvalue weighted by molar-refractivity contribution is 0.668. The zero-order chi connectivity index (χ0) is 41.0. The Labute approximate surface area is 357 Å². The third-order valence-corrected chi connectivity index (χ3v) is 11.8. The van der Waals surface area contributed by atoms with Crippen LogP contribution < -0.4 is 0 Å². The molecular weight excluding hydrogens is 759 g/mol. The highest BCUT2D eigenvalue weighted by Gasteiger charge is 2.20. The lowest BCUT2D eigenvalue weighted by Gasteiger charge is -2.19. The zero-order valence-corrected chi connectivity index (χ0v) is 33.4. The molecule has 5 nitrogen and oxygen atoms in total. The van der Waals surface area contributed by atoms with Crippen LogP contribution in [0.4, 0.5) is 0 Å². The maximum absolute atomic E-state index is 6.43. The summed E-state index contributed by atoms with van der Waals surface area (Å²) in [4.78, 5) is 15.2. The van der Waals surface area contributed by atoms with Crippen molar-refractivity contribution in [2.24, 2.45) is 0 Å². The van der Waals surface area contributed by atoms with E-state index >= 15 is 0 Å². The fourth-order valence-electron chi connectivity index (χ4n) is 8.72. The molecular formula is C57H35N3O2. The van der Waals surface area contributed by atoms with Gasteiger partial charge in [0, 0.05) is 38.2 Å². The van der Waals surface area contributed by atoms with Crippen LogP contribution in [0.3, 0.4) is 0 Å². The van der Waals surface area contributed by atoms with Crippen LogP contribution in [0.5, 0.6) is 0 Å². The minimum absolute atomic E-state index is 0.595. The molecule has 0 N–H and O–H groups in total. The van der Waals surface area contributed by atoms with Crippen LogP contribution >= 0.6 is 0 Å². The van der Waals surface area contributed by atoms with Gasteiger partial charge in [0.05, 0.1) is 0 Å². The second-order valence-electron chi connectivity index (χ2n) is 15.5. The lowest BCUT2D eigenvalue weighted by atomic mass is 9.84. The number of nitrogens with zero attached hydrogens (tertiary/aromatic N) is 3. The molecule has 0 spiro atoms. The molecule has 290 valence electrons. The van der Waals surface area contributed by atoms with E-state index in [0.717, 1.165) is 105 Å². The largest absolute Gasteiger partial charge is 0.456 e. The van der Waals surface area contributed by atoms with E-state index in [2.05, 4.69) is 140 Å². The molecule has 0 aliphatic carbocycles. The van der Waals surface area contributed by atoms with Gasteiger partial charge < -0.3 is 8.83 Å². The predicted octanol–water partition coefficient (Wildman–Crippen LogP) is 15.3. The van der Waals surface area contributed by atoms with E-state index < -0.39 is 0 Å². The van der Waals surface area contributed by atoms with Gasteiger partial charge in [-0.15, -0.1) is 0 Å². The maximum Gasteiger partial charge on any atom is 0.164 e. The van der Waals surface area contributed by atoms with Crippen LogP contribution in [0.15, 0.2) is 221 Å². The normalized spacial score (nSPS) is 11.5. The van der Waals surface area contributed by atoms with Crippen LogP contribution in [0.25, 0.3) is 123 Å². The first-order chi connectivity index (χ1) is 30.7. The number of furan rings is 2. The van der Waals surface area contributed by atoms with Gasteiger partial charge in [-0.1, -0.05) is 158 Å². The Morgan fingerprint density at radius 2 is 0.677 bits per heavy atom. The third kappa shape index (κ3) is 6.23. The number of hydrogen-bond acceptors (Lipinski definition) is 5. The minimum Gasteiger partial charge on any atom is -0.456 e. The smallest absolute Gasteiger partial charge is 0.164 e. The summed E-state index contributed by atoms with van der Waals surface area (Å²) in [7, 11) is 0. The first-order valence-electron chi connectivity index (χ1n) is 20.7. The molecule has 3 aromatic heterocycles. The van der Waals surface area contributed by atoms with Gasteiger partial charge in [0.15, 0.2) is 17.5 Å². The molecule has 0 unspecified atom stereocenters. The Morgan fingerprint density at radius 3 is 1.34 bits per heavy atom. The van der Waals surface area contributed by atoms with Crippen molar-refractivity contribution in [3.05, 3.63) is 212 Å². The fourth-order valence-corrected chi connectivity index (χ4v) is 8.72. The first kappa shape index (κ1) is 35.5. The maximum atomic E-state index is 6.43. The Morgan fingerprint density at radius 1 is 0.242 bits per heavy atom. The van der Waals surface area contributed by atoms with Crippen molar-refractivity contribution in [1.29, 1.82) is 0 Å². The van der Waals surface area contributed by atoms with Gasteiger partial charge in [0.2, 0.25) is 0 Å². The summed E-state index contributed by atoms with van der Waals surface area (Å²) in [5.74, 6) is 1.80. The SMILES string of the molecule is c1ccc(-c2cc(-c3ccc(-c4nc(-c5ccccc5)nc(-c5ccc6oc7ccccc7c6c5)n4)cc3)c(-c3ccccc3)c(-c3ccc4c(c3)oc3ccccc34)c2)cc1. The average Bonchev–Trinajstić information content (AvgIpc) is 3.92. The van der Waals surface area contributed by atoms with Crippen molar-refractivity contribution in [3.8, 4) is 78.7 Å². The molecule has 0 saturated carbocycles. The Balaban J connectivity index is 1.03. The Hall–Kier alpha value is -8.41. The number of rotatable bonds is 7. The summed E-state index contributed by atoms with van der Waals surface area (Å²) in [6.45, 7) is 0. The number of hydrogen-bond donors (Lipinski definition) is 0. The van der Waals surface area contributed by atoms with Crippen LogP contribution in [0.2, 0.25) is 0 Å². The monoisotopic (exact) mass is 793 g/mol. The topological polar surface area (TPSA) is 65.0 Å². The van der Waals surface area contributed by atoms with Crippen molar-refractivity contribution in [1.82, 2.24) is 15.0 Å². The van der Waals surface area contributed by atoms with Crippen molar-refractivity contribution in [3.63, 3.8) is 0 Å². The molecule has 0 atom stereocenters. The summed E-state index contributed by atoms with van der Waals surface area (Å²) in [5.41, 5.74) is 15.1. The molecule has 0 saturated heterocycles. The van der Waals surface area contributed by atoms with Crippen LogP contribution in [-0.4, -0.2) is 15.0 Å². The van der Waals surface area contributed by atoms with Gasteiger partial charge in [-0.3, -0.25) is 0 Å². The molecule has 12 aromatic rings. The van der Waals surface area contributed by atoms with Crippen LogP contribution in [0, 0.1) is 0 Å². The second kappa shape index (κ2) is 14.7. The second-order valence-corrected chi connectivity index (χ2v) is 15.5. The molecule has 0 aliphatic heterocycles. The lowest BCUT2D eigenvalue weighted by Crippen LogP contribution is -2.00. The van der Waals surface area contributed by atoms with Crippen molar-refractivity contribution < 1.29 is 8.83 Å². The fraction of sp³-hybridized carbons (Fsp3) is 0. The highest BCUT2D eigenvalue weighted by molar-refractivity contribution is 6.08. The van der Waals surface area contributed by atoms with E-state index in [1.54, 1.807) is 0 Å². The van der Waals surface area contributed by atoms with E-state index in [4.69, 9.17) is 23.8 Å². The molecule has 0 radical (unpaired) electrons. The first-order valence-corrected chi connectivity index (χ1v) is 20.7. The van der Waals surface area contributed by atoms with Gasteiger partial charge in [-0.2, -0.15) is 0 Å². The number of para-hydroxylation sites is 2. The summed E-state index contributed by atoms with van der Waals surface area (Å²) >= 11 is 0. The molecule has 0 aliphatic rings. The van der Waals surface area contributed by atoms with E-state index in [1.807, 2.05) is 72.8 Å². The standard InChI is InChI=1S/C57H35N3O2/c1-4-14-36(15-5-1)43-33-47(54(38-16-6-2-7-17-38)48(34-43)41-28-30-46-44-20-10-12-22-50(44)62-53(46)35-41)37-24-26-40(27-25-37)56-58-55(39-18-8-3-9-19-39)59-57(60-56)42-29-31-52-49(32-42)45-21-11-13-23-51(45)61-52/h1-35H. The summed E-state index contributed by atoms with van der Waals surface area (Å²) in [6, 6.07) is 73.7. The van der Waals surface area contributed by atoms with Gasteiger partial charge in [-0.25, -0.2) is 15.0 Å². The summed E-state index contributed by atoms with van der Waals surface area (Å²) in [5, 5.41) is 4.30. The number of aromatic nitrogens is 3. The van der Waals surface area contributed by atoms with Gasteiger partial charge >= 0.3 is 0 Å². The Kier molecular flexibility index (Phi) is 8.42. The zero-order valence-electron chi connectivity index (χ0n) is 33.4. The highest BCUT2D eigenvalue weighted by Crippen LogP contribution is 2.45. The van der Waals surface area contributed by atoms with E-state index in [0.29, 0.717) is 17.5 Å². The molecule has 0 fully saturated rings. The van der Waals surface area contributed by atoms with Gasteiger partial charge in [0.1, 0.15) is 22.3 Å². The third-order valence-electron chi connectivity index (χ3n) is 11.8. The molecule has 0 bridgehead atoms. The molecule has 3 heterocycles. The van der Waals surface area contributed by atoms with Crippen molar-refractivity contribution in [2.75, 3.05) is 0 Å². The summed E-state index contributed by atoms with van der Waals surface area (Å²) in [6.07, 6.45) is 0. The van der Waals surface area contributed by atoms with Crippen LogP contribution in [0.1, 0.15) is 0 Å². The van der Waals surface area contributed by atoms with Crippen molar-refractivity contribution in [2.45, 2.75) is 0 Å². The predicted molar refractivity (Wildman–Crippen MR) is 252 cm³/mol. The van der Waals surface area contributed by atoms with E-state index in [9.17, 15) is 0 Å². The quantitative estimate of drug-likeness (QED) is 0.161. The van der Waals surface area contributed by atoms with Gasteiger partial charge in [-0.05, 0) is 99.1 Å². The van der Waals surface area contributed by atoms with Crippen molar-refractivity contribution >= 4 is 43.9 Å². The van der Waals surface area contributed by atoms with Crippen LogP contribution in [-0.2, 0) is 0 Å². The van der Waals surface area contributed by atoms with E-state index in [-0.39, 0.29) is 0 Å². The molecule has 62 heavy (non-hydrogen) atoms. The number of benzene rings is 9. The minimum atomic E-state index is 0.595. The molecule has 5 heteroatoms. The average molecular weight is 794 g/mol. The summed E-state index contributed by atoms with van der Waals surface area (Å²) < 4.78 is 12.6. The molecule has 12 rings (SSSR count).